The molecule has 5 rings (SSSR count). The Hall–Kier alpha value is -1.95. The predicted molar refractivity (Wildman–Crippen MR) is 139 cm³/mol. The van der Waals surface area contributed by atoms with E-state index < -0.39 is 16.1 Å². The molecule has 1 aliphatic carbocycles. The number of ether oxygens (including phenoxy) is 1. The molecule has 3 heterocycles. The average molecular weight is 523 g/mol. The molecule has 0 atom stereocenters. The first-order valence-corrected chi connectivity index (χ1v) is 13.4. The number of hydrogen-bond acceptors (Lipinski definition) is 7. The Morgan fingerprint density at radius 1 is 1.14 bits per heavy atom. The van der Waals surface area contributed by atoms with Crippen molar-refractivity contribution in [3.63, 3.8) is 0 Å². The molecule has 8 nitrogen and oxygen atoms in total. The van der Waals surface area contributed by atoms with Gasteiger partial charge in [-0.2, -0.15) is 0 Å². The van der Waals surface area contributed by atoms with Gasteiger partial charge in [-0.05, 0) is 67.1 Å². The molecule has 180 valence electrons. The Morgan fingerprint density at radius 3 is 2.77 bits per heavy atom. The summed E-state index contributed by atoms with van der Waals surface area (Å²) in [6.45, 7) is 1.61. The van der Waals surface area contributed by atoms with E-state index in [0.717, 1.165) is 71.5 Å². The van der Waals surface area contributed by atoms with Crippen LogP contribution in [0.4, 0.5) is 10.5 Å². The van der Waals surface area contributed by atoms with E-state index >= 15 is 0 Å². The van der Waals surface area contributed by atoms with Crippen molar-refractivity contribution in [3.8, 4) is 17.0 Å². The van der Waals surface area contributed by atoms with E-state index in [2.05, 4.69) is 26.0 Å². The van der Waals surface area contributed by atoms with Crippen molar-refractivity contribution < 1.29 is 17.9 Å². The number of urea groups is 1. The van der Waals surface area contributed by atoms with E-state index in [1.54, 1.807) is 25.4 Å². The fourth-order valence-electron chi connectivity index (χ4n) is 4.60. The van der Waals surface area contributed by atoms with Gasteiger partial charge in [-0.3, -0.25) is 0 Å². The fraction of sp³-hybridized carbons (Fsp3) is 0.333. The predicted octanol–water partition coefficient (Wildman–Crippen LogP) is 3.16. The summed E-state index contributed by atoms with van der Waals surface area (Å²) in [5, 5.41) is 2.85. The van der Waals surface area contributed by atoms with Gasteiger partial charge in [0.15, 0.2) is 0 Å². The van der Waals surface area contributed by atoms with Gasteiger partial charge in [0.25, 0.3) is 10.0 Å². The molecule has 0 radical (unpaired) electrons. The number of thiophene rings is 1. The first-order valence-electron chi connectivity index (χ1n) is 11.1. The van der Waals surface area contributed by atoms with Crippen LogP contribution in [0.15, 0.2) is 40.7 Å². The molecular weight excluding hydrogens is 495 g/mol. The van der Waals surface area contributed by atoms with E-state index in [0.29, 0.717) is 11.6 Å². The minimum absolute atomic E-state index is 0. The Kier molecular flexibility index (Phi) is 7.89. The van der Waals surface area contributed by atoms with Gasteiger partial charge >= 0.3 is 35.6 Å². The first-order chi connectivity index (χ1) is 16.3. The molecule has 0 spiro atoms. The number of carbonyl (C=O) groups excluding carboxylic acids is 1. The number of methoxy groups -OCH3 is 1. The van der Waals surface area contributed by atoms with Gasteiger partial charge in [0.1, 0.15) is 4.21 Å². The molecule has 2 aliphatic rings. The molecule has 0 bridgehead atoms. The summed E-state index contributed by atoms with van der Waals surface area (Å²) < 4.78 is 33.6. The molecule has 0 saturated carbocycles. The number of amides is 2. The van der Waals surface area contributed by atoms with Gasteiger partial charge in [-0.1, -0.05) is 12.1 Å². The van der Waals surface area contributed by atoms with Crippen molar-refractivity contribution in [2.24, 2.45) is 0 Å². The van der Waals surface area contributed by atoms with Gasteiger partial charge < -0.3 is 15.0 Å². The molecule has 2 aromatic heterocycles. The van der Waals surface area contributed by atoms with Gasteiger partial charge in [0.2, 0.25) is 5.88 Å². The number of fused-ring (bicyclic) bond motifs is 2. The molecule has 0 fully saturated rings. The van der Waals surface area contributed by atoms with Crippen molar-refractivity contribution >= 4 is 62.6 Å². The normalized spacial score (nSPS) is 15.0. The standard InChI is InChI=1S/C24H26N4O4S2.Na.H/c1-28-11-9-17-13-22(33-20(17)14-28)34(30,31)27-24(29)26-23-18-5-3-4-15(18)6-7-19(23)16-8-10-25-21(12-16)32-2;;/h6-8,10,12-13H,3-5,9,11,14H2,1-2H3,(H2,26,27,29);;. The van der Waals surface area contributed by atoms with Crippen LogP contribution in [0.1, 0.15) is 28.0 Å². The number of anilines is 1. The van der Waals surface area contributed by atoms with Crippen LogP contribution in [0.2, 0.25) is 0 Å². The summed E-state index contributed by atoms with van der Waals surface area (Å²) >= 11 is 1.23. The maximum absolute atomic E-state index is 13.0. The molecule has 1 aromatic carbocycles. The number of likely N-dealkylation sites (N-methyl/N-ethyl adjacent to an activating group) is 1. The van der Waals surface area contributed by atoms with Crippen LogP contribution in [0.25, 0.3) is 11.1 Å². The number of sulfonamides is 1. The Bertz CT molecular complexity index is 1370. The number of nitrogens with one attached hydrogen (secondary N) is 2. The number of rotatable bonds is 5. The Morgan fingerprint density at radius 2 is 1.97 bits per heavy atom. The second-order valence-corrected chi connectivity index (χ2v) is 11.7. The Labute approximate surface area is 231 Å². The van der Waals surface area contributed by atoms with Crippen LogP contribution in [0.3, 0.4) is 0 Å². The summed E-state index contributed by atoms with van der Waals surface area (Å²) in [6, 6.07) is 8.57. The fourth-order valence-corrected chi connectivity index (χ4v) is 7.18. The number of carbonyl (C=O) groups is 1. The Balaban J connectivity index is 0.00000289. The summed E-state index contributed by atoms with van der Waals surface area (Å²) in [7, 11) is -0.426. The SMILES string of the molecule is COc1cc(-c2ccc3c(c2NC(=O)NS(=O)(=O)c2cc4c(s2)CN(C)CC4)CCC3)ccn1.[NaH]. The monoisotopic (exact) mass is 522 g/mol. The third-order valence-electron chi connectivity index (χ3n) is 6.32. The number of benzene rings is 1. The first kappa shape index (κ1) is 26.1. The minimum atomic E-state index is -3.99. The second-order valence-electron chi connectivity index (χ2n) is 8.63. The summed E-state index contributed by atoms with van der Waals surface area (Å²) in [4.78, 5) is 20.3. The third kappa shape index (κ3) is 5.42. The van der Waals surface area contributed by atoms with E-state index in [1.807, 2.05) is 19.2 Å². The number of aryl methyl sites for hydroxylation is 1. The molecule has 0 saturated heterocycles. The zero-order chi connectivity index (χ0) is 23.9. The van der Waals surface area contributed by atoms with E-state index in [4.69, 9.17) is 4.74 Å². The molecule has 2 amide bonds. The molecular formula is C24H27N4NaO4S2. The van der Waals surface area contributed by atoms with E-state index in [9.17, 15) is 13.2 Å². The van der Waals surface area contributed by atoms with Crippen LogP contribution < -0.4 is 14.8 Å². The quantitative estimate of drug-likeness (QED) is 0.500. The number of pyridine rings is 1. The zero-order valence-corrected chi connectivity index (χ0v) is 20.7. The summed E-state index contributed by atoms with van der Waals surface area (Å²) in [6.07, 6.45) is 5.19. The number of nitrogens with zero attached hydrogens (tertiary/aromatic N) is 2. The third-order valence-corrected chi connectivity index (χ3v) is 9.29. The van der Waals surface area contributed by atoms with Crippen molar-refractivity contribution in [2.45, 2.75) is 36.4 Å². The van der Waals surface area contributed by atoms with E-state index in [1.165, 1.54) is 11.3 Å². The van der Waals surface area contributed by atoms with Crippen LogP contribution in [-0.2, 0) is 35.8 Å². The van der Waals surface area contributed by atoms with Gasteiger partial charge in [0.05, 0.1) is 12.8 Å². The topological polar surface area (TPSA) is 101 Å². The van der Waals surface area contributed by atoms with Crippen LogP contribution in [0.5, 0.6) is 5.88 Å². The second kappa shape index (κ2) is 10.6. The van der Waals surface area contributed by atoms with Crippen molar-refractivity contribution in [1.82, 2.24) is 14.6 Å². The van der Waals surface area contributed by atoms with Crippen LogP contribution in [0, 0.1) is 0 Å². The van der Waals surface area contributed by atoms with Crippen LogP contribution in [-0.4, -0.2) is 74.6 Å². The molecule has 35 heavy (non-hydrogen) atoms. The maximum atomic E-state index is 13.0. The molecule has 11 heteroatoms. The summed E-state index contributed by atoms with van der Waals surface area (Å²) in [5.41, 5.74) is 5.49. The molecule has 2 N–H and O–H groups in total. The van der Waals surface area contributed by atoms with Gasteiger partial charge in [-0.25, -0.2) is 22.9 Å². The molecule has 0 unspecified atom stereocenters. The molecule has 1 aliphatic heterocycles. The molecule has 3 aromatic rings. The van der Waals surface area contributed by atoms with Crippen LogP contribution >= 0.6 is 11.3 Å². The van der Waals surface area contributed by atoms with Crippen molar-refractivity contribution in [2.75, 3.05) is 26.0 Å². The van der Waals surface area contributed by atoms with Gasteiger partial charge in [0, 0.05) is 35.8 Å². The van der Waals surface area contributed by atoms with Crippen molar-refractivity contribution in [1.29, 1.82) is 0 Å². The number of aromatic nitrogens is 1. The zero-order valence-electron chi connectivity index (χ0n) is 19.1. The number of hydrogen-bond donors (Lipinski definition) is 2. The average Bonchev–Trinajstić information content (AvgIpc) is 3.46. The summed E-state index contributed by atoms with van der Waals surface area (Å²) in [5.74, 6) is 0.461. The van der Waals surface area contributed by atoms with Gasteiger partial charge in [-0.15, -0.1) is 11.3 Å². The van der Waals surface area contributed by atoms with E-state index in [-0.39, 0.29) is 33.8 Å². The van der Waals surface area contributed by atoms with Crippen molar-refractivity contribution in [3.05, 3.63) is 58.1 Å².